The van der Waals surface area contributed by atoms with Crippen LogP contribution in [0.1, 0.15) is 48.4 Å². The Morgan fingerprint density at radius 3 is 2.42 bits per heavy atom. The first-order chi connectivity index (χ1) is 11.3. The molecule has 0 atom stereocenters. The van der Waals surface area contributed by atoms with Crippen molar-refractivity contribution in [3.05, 3.63) is 47.3 Å². The zero-order valence-corrected chi connectivity index (χ0v) is 15.3. The monoisotopic (exact) mass is 347 g/mol. The van der Waals surface area contributed by atoms with Gasteiger partial charge in [0.05, 0.1) is 17.1 Å². The molecule has 0 amide bonds. The molecule has 1 fully saturated rings. The van der Waals surface area contributed by atoms with Crippen molar-refractivity contribution >= 4 is 10.0 Å². The van der Waals surface area contributed by atoms with Gasteiger partial charge in [0.15, 0.2) is 0 Å². The highest BCUT2D eigenvalue weighted by Crippen LogP contribution is 2.29. The summed E-state index contributed by atoms with van der Waals surface area (Å²) in [6, 6.07) is 5.92. The van der Waals surface area contributed by atoms with E-state index in [0.29, 0.717) is 10.9 Å². The lowest BCUT2D eigenvalue weighted by molar-refractivity contribution is 0.293. The molecule has 5 nitrogen and oxygen atoms in total. The van der Waals surface area contributed by atoms with Gasteiger partial charge in [0.25, 0.3) is 0 Å². The van der Waals surface area contributed by atoms with E-state index in [9.17, 15) is 8.42 Å². The smallest absolute Gasteiger partial charge is 0.241 e. The van der Waals surface area contributed by atoms with Crippen LogP contribution >= 0.6 is 0 Å². The lowest BCUT2D eigenvalue weighted by Crippen LogP contribution is -2.38. The zero-order chi connectivity index (χ0) is 17.3. The maximum Gasteiger partial charge on any atom is 0.241 e. The molecule has 1 saturated carbocycles. The van der Waals surface area contributed by atoms with Crippen LogP contribution in [0.15, 0.2) is 35.5 Å². The molecule has 130 valence electrons. The third kappa shape index (κ3) is 3.70. The summed E-state index contributed by atoms with van der Waals surface area (Å²) >= 11 is 0. The predicted octanol–water partition coefficient (Wildman–Crippen LogP) is 3.27. The number of hydrogen-bond acceptors (Lipinski definition) is 3. The number of rotatable bonds is 4. The minimum absolute atomic E-state index is 0.00261. The maximum atomic E-state index is 12.7. The van der Waals surface area contributed by atoms with Gasteiger partial charge in [0, 0.05) is 12.2 Å². The van der Waals surface area contributed by atoms with E-state index in [0.717, 1.165) is 42.4 Å². The van der Waals surface area contributed by atoms with Crippen LogP contribution < -0.4 is 4.72 Å². The van der Waals surface area contributed by atoms with Crippen molar-refractivity contribution in [2.24, 2.45) is 0 Å². The molecular formula is C18H25N3O2S. The quantitative estimate of drug-likeness (QED) is 0.923. The van der Waals surface area contributed by atoms with Gasteiger partial charge in [-0.15, -0.1) is 0 Å². The molecule has 24 heavy (non-hydrogen) atoms. The standard InChI is InChI=1S/C18H25N3O2S/c1-13-4-5-15(3)18(10-13)24(22,23)20-16-6-8-17(9-7-16)21-12-14(2)11-19-21/h4-5,10-12,16-17,20H,6-9H2,1-3H3. The van der Waals surface area contributed by atoms with E-state index in [1.165, 1.54) is 0 Å². The normalized spacial score (nSPS) is 21.8. The first kappa shape index (κ1) is 17.2. The molecule has 0 bridgehead atoms. The predicted molar refractivity (Wildman–Crippen MR) is 94.5 cm³/mol. The van der Waals surface area contributed by atoms with Crippen LogP contribution in [0.4, 0.5) is 0 Å². The summed E-state index contributed by atoms with van der Waals surface area (Å²) in [6.07, 6.45) is 7.50. The molecule has 1 N–H and O–H groups in total. The van der Waals surface area contributed by atoms with Crippen molar-refractivity contribution < 1.29 is 8.42 Å². The lowest BCUT2D eigenvalue weighted by atomic mass is 9.92. The van der Waals surface area contributed by atoms with Crippen LogP contribution in [0.2, 0.25) is 0 Å². The first-order valence-corrected chi connectivity index (χ1v) is 9.94. The Morgan fingerprint density at radius 1 is 1.08 bits per heavy atom. The molecule has 0 unspecified atom stereocenters. The second kappa shape index (κ2) is 6.69. The molecule has 1 aromatic carbocycles. The summed E-state index contributed by atoms with van der Waals surface area (Å²) in [5, 5.41) is 4.39. The Morgan fingerprint density at radius 2 is 1.79 bits per heavy atom. The molecule has 1 aliphatic carbocycles. The van der Waals surface area contributed by atoms with Crippen LogP contribution in [-0.4, -0.2) is 24.2 Å². The highest BCUT2D eigenvalue weighted by molar-refractivity contribution is 7.89. The molecule has 6 heteroatoms. The van der Waals surface area contributed by atoms with Gasteiger partial charge in [-0.1, -0.05) is 12.1 Å². The van der Waals surface area contributed by atoms with Gasteiger partial charge < -0.3 is 0 Å². The molecule has 0 spiro atoms. The van der Waals surface area contributed by atoms with Crippen LogP contribution in [0, 0.1) is 20.8 Å². The van der Waals surface area contributed by atoms with E-state index in [1.54, 1.807) is 6.07 Å². The van der Waals surface area contributed by atoms with Crippen molar-refractivity contribution in [1.29, 1.82) is 0 Å². The highest BCUT2D eigenvalue weighted by atomic mass is 32.2. The lowest BCUT2D eigenvalue weighted by Gasteiger charge is -2.29. The second-order valence-electron chi connectivity index (χ2n) is 6.89. The van der Waals surface area contributed by atoms with Crippen molar-refractivity contribution in [3.63, 3.8) is 0 Å². The average Bonchev–Trinajstić information content (AvgIpc) is 2.96. The van der Waals surface area contributed by atoms with Gasteiger partial charge in [0.2, 0.25) is 10.0 Å². The first-order valence-electron chi connectivity index (χ1n) is 8.45. The summed E-state index contributed by atoms with van der Waals surface area (Å²) in [4.78, 5) is 0.396. The van der Waals surface area contributed by atoms with Crippen molar-refractivity contribution in [2.45, 2.75) is 63.4 Å². The van der Waals surface area contributed by atoms with Crippen LogP contribution in [0.25, 0.3) is 0 Å². The fraction of sp³-hybridized carbons (Fsp3) is 0.500. The van der Waals surface area contributed by atoms with Gasteiger partial charge in [0.1, 0.15) is 0 Å². The molecule has 0 saturated heterocycles. The number of aromatic nitrogens is 2. The van der Waals surface area contributed by atoms with Gasteiger partial charge in [-0.05, 0) is 69.2 Å². The highest BCUT2D eigenvalue weighted by Gasteiger charge is 2.27. The number of nitrogens with one attached hydrogen (secondary N) is 1. The summed E-state index contributed by atoms with van der Waals surface area (Å²) in [6.45, 7) is 5.79. The molecule has 0 aliphatic heterocycles. The summed E-state index contributed by atoms with van der Waals surface area (Å²) in [7, 11) is -3.46. The van der Waals surface area contributed by atoms with Gasteiger partial charge in [-0.25, -0.2) is 13.1 Å². The zero-order valence-electron chi connectivity index (χ0n) is 14.5. The number of hydrogen-bond donors (Lipinski definition) is 1. The van der Waals surface area contributed by atoms with Crippen molar-refractivity contribution in [3.8, 4) is 0 Å². The minimum Gasteiger partial charge on any atom is -0.269 e. The van der Waals surface area contributed by atoms with Gasteiger partial charge in [-0.2, -0.15) is 5.10 Å². The second-order valence-corrected chi connectivity index (χ2v) is 8.58. The Hall–Kier alpha value is -1.66. The van der Waals surface area contributed by atoms with E-state index in [-0.39, 0.29) is 6.04 Å². The van der Waals surface area contributed by atoms with E-state index in [1.807, 2.05) is 43.8 Å². The molecule has 0 radical (unpaired) electrons. The maximum absolute atomic E-state index is 12.7. The number of benzene rings is 1. The minimum atomic E-state index is -3.46. The largest absolute Gasteiger partial charge is 0.269 e. The molecule has 3 rings (SSSR count). The SMILES string of the molecule is Cc1ccc(C)c(S(=O)(=O)NC2CCC(n3cc(C)cn3)CC2)c1. The van der Waals surface area contributed by atoms with Crippen LogP contribution in [0.3, 0.4) is 0 Å². The van der Waals surface area contributed by atoms with Crippen molar-refractivity contribution in [1.82, 2.24) is 14.5 Å². The van der Waals surface area contributed by atoms with Gasteiger partial charge >= 0.3 is 0 Å². The fourth-order valence-corrected chi connectivity index (χ4v) is 5.01. The molecule has 2 aromatic rings. The third-order valence-corrected chi connectivity index (χ3v) is 6.42. The fourth-order valence-electron chi connectivity index (χ4n) is 3.37. The van der Waals surface area contributed by atoms with E-state index in [2.05, 4.69) is 16.0 Å². The van der Waals surface area contributed by atoms with E-state index >= 15 is 0 Å². The van der Waals surface area contributed by atoms with Crippen LogP contribution in [0.5, 0.6) is 0 Å². The summed E-state index contributed by atoms with van der Waals surface area (Å²) in [5.74, 6) is 0. The third-order valence-electron chi connectivity index (χ3n) is 4.76. The summed E-state index contributed by atoms with van der Waals surface area (Å²) < 4.78 is 30.3. The topological polar surface area (TPSA) is 64.0 Å². The molecule has 1 aromatic heterocycles. The number of aryl methyl sites for hydroxylation is 3. The Balaban J connectivity index is 1.66. The van der Waals surface area contributed by atoms with E-state index in [4.69, 9.17) is 0 Å². The van der Waals surface area contributed by atoms with Crippen LogP contribution in [-0.2, 0) is 10.0 Å². The number of sulfonamides is 1. The molecule has 1 heterocycles. The summed E-state index contributed by atoms with van der Waals surface area (Å²) in [5.41, 5.74) is 2.90. The Kier molecular flexibility index (Phi) is 4.78. The number of nitrogens with zero attached hydrogens (tertiary/aromatic N) is 2. The van der Waals surface area contributed by atoms with E-state index < -0.39 is 10.0 Å². The Labute approximate surface area is 144 Å². The molecule has 1 aliphatic rings. The molecular weight excluding hydrogens is 322 g/mol. The van der Waals surface area contributed by atoms with Gasteiger partial charge in [-0.3, -0.25) is 4.68 Å². The van der Waals surface area contributed by atoms with Crippen molar-refractivity contribution in [2.75, 3.05) is 0 Å². The Bertz CT molecular complexity index is 819. The average molecular weight is 347 g/mol.